The number of carbonyl (C=O) groups excluding carboxylic acids is 1. The Morgan fingerprint density at radius 1 is 1.21 bits per heavy atom. The molecule has 1 aromatic carbocycles. The van der Waals surface area contributed by atoms with Gasteiger partial charge in [0.05, 0.1) is 6.54 Å². The van der Waals surface area contributed by atoms with E-state index in [1.165, 1.54) is 16.7 Å². The number of piperazine rings is 2. The minimum atomic E-state index is 0.147. The molecule has 0 spiro atoms. The Labute approximate surface area is 114 Å². The number of nitrogens with zero attached hydrogens (tertiary/aromatic N) is 1. The van der Waals surface area contributed by atoms with Crippen molar-refractivity contribution in [2.45, 2.75) is 25.9 Å². The van der Waals surface area contributed by atoms with Crippen LogP contribution in [-0.4, -0.2) is 43.0 Å². The first-order valence-electron chi connectivity index (χ1n) is 6.95. The highest BCUT2D eigenvalue weighted by Crippen LogP contribution is 2.29. The van der Waals surface area contributed by atoms with Gasteiger partial charge in [0.1, 0.15) is 0 Å². The number of hydrogen-bond donors (Lipinski definition) is 2. The molecule has 2 aliphatic heterocycles. The minimum Gasteiger partial charge on any atom is -0.353 e. The Morgan fingerprint density at radius 2 is 2.05 bits per heavy atom. The summed E-state index contributed by atoms with van der Waals surface area (Å²) in [6.45, 7) is 7.44. The topological polar surface area (TPSA) is 44.4 Å². The van der Waals surface area contributed by atoms with Crippen LogP contribution in [0.3, 0.4) is 0 Å². The van der Waals surface area contributed by atoms with E-state index >= 15 is 0 Å². The maximum Gasteiger partial charge on any atom is 0.234 e. The molecule has 0 radical (unpaired) electrons. The molecular weight excluding hydrogens is 238 g/mol. The molecule has 102 valence electrons. The quantitative estimate of drug-likeness (QED) is 0.782. The smallest absolute Gasteiger partial charge is 0.234 e. The largest absolute Gasteiger partial charge is 0.353 e. The summed E-state index contributed by atoms with van der Waals surface area (Å²) >= 11 is 0. The molecule has 4 nitrogen and oxygen atoms in total. The van der Waals surface area contributed by atoms with Crippen LogP contribution in [0, 0.1) is 13.8 Å². The second kappa shape index (κ2) is 4.94. The van der Waals surface area contributed by atoms with E-state index < -0.39 is 0 Å². The van der Waals surface area contributed by atoms with Gasteiger partial charge in [0.2, 0.25) is 5.91 Å². The molecule has 0 bridgehead atoms. The summed E-state index contributed by atoms with van der Waals surface area (Å²) in [7, 11) is 0. The van der Waals surface area contributed by atoms with Gasteiger partial charge in [-0.1, -0.05) is 23.8 Å². The van der Waals surface area contributed by atoms with Crippen molar-refractivity contribution in [2.24, 2.45) is 0 Å². The fraction of sp³-hybridized carbons (Fsp3) is 0.533. The summed E-state index contributed by atoms with van der Waals surface area (Å²) in [6.07, 6.45) is 0. The van der Waals surface area contributed by atoms with Crippen LogP contribution in [-0.2, 0) is 4.79 Å². The van der Waals surface area contributed by atoms with Gasteiger partial charge in [0.25, 0.3) is 0 Å². The van der Waals surface area contributed by atoms with Gasteiger partial charge in [-0.3, -0.25) is 9.69 Å². The molecule has 2 unspecified atom stereocenters. The normalized spacial score (nSPS) is 27.8. The lowest BCUT2D eigenvalue weighted by Crippen LogP contribution is -2.63. The van der Waals surface area contributed by atoms with Crippen LogP contribution in [0.25, 0.3) is 0 Å². The predicted octanol–water partition coefficient (Wildman–Crippen LogP) is 0.748. The highest BCUT2D eigenvalue weighted by atomic mass is 16.2. The van der Waals surface area contributed by atoms with E-state index in [1.807, 2.05) is 0 Å². The van der Waals surface area contributed by atoms with Gasteiger partial charge in [-0.15, -0.1) is 0 Å². The zero-order chi connectivity index (χ0) is 13.4. The SMILES string of the molecule is Cc1ccc(C)c(C2CNCC3CNC(=O)CN32)c1. The number of rotatable bonds is 1. The fourth-order valence-electron chi connectivity index (χ4n) is 3.17. The van der Waals surface area contributed by atoms with Gasteiger partial charge in [-0.05, 0) is 25.0 Å². The molecule has 0 aromatic heterocycles. The summed E-state index contributed by atoms with van der Waals surface area (Å²) in [4.78, 5) is 14.0. The number of carbonyl (C=O) groups is 1. The van der Waals surface area contributed by atoms with Gasteiger partial charge in [-0.2, -0.15) is 0 Å². The van der Waals surface area contributed by atoms with Gasteiger partial charge in [-0.25, -0.2) is 0 Å². The Hall–Kier alpha value is -1.39. The lowest BCUT2D eigenvalue weighted by Gasteiger charge is -2.45. The third-order valence-electron chi connectivity index (χ3n) is 4.24. The number of fused-ring (bicyclic) bond motifs is 1. The highest BCUT2D eigenvalue weighted by molar-refractivity contribution is 5.79. The van der Waals surface area contributed by atoms with E-state index in [1.54, 1.807) is 0 Å². The maximum atomic E-state index is 11.7. The molecule has 2 atom stereocenters. The maximum absolute atomic E-state index is 11.7. The van der Waals surface area contributed by atoms with Gasteiger partial charge < -0.3 is 10.6 Å². The van der Waals surface area contributed by atoms with Crippen molar-refractivity contribution in [3.05, 3.63) is 34.9 Å². The Kier molecular flexibility index (Phi) is 3.29. The van der Waals surface area contributed by atoms with E-state index in [2.05, 4.69) is 47.6 Å². The lowest BCUT2D eigenvalue weighted by atomic mass is 9.94. The van der Waals surface area contributed by atoms with Crippen LogP contribution in [0.5, 0.6) is 0 Å². The zero-order valence-electron chi connectivity index (χ0n) is 11.6. The third-order valence-corrected chi connectivity index (χ3v) is 4.24. The highest BCUT2D eigenvalue weighted by Gasteiger charge is 2.36. The standard InChI is InChI=1S/C15H21N3O/c1-10-3-4-11(2)13(5-10)14-8-16-6-12-7-17-15(19)9-18(12)14/h3-5,12,14,16H,6-9H2,1-2H3,(H,17,19). The molecule has 0 aliphatic carbocycles. The van der Waals surface area contributed by atoms with E-state index in [4.69, 9.17) is 0 Å². The zero-order valence-corrected chi connectivity index (χ0v) is 11.6. The summed E-state index contributed by atoms with van der Waals surface area (Å²) in [6, 6.07) is 7.31. The monoisotopic (exact) mass is 259 g/mol. The van der Waals surface area contributed by atoms with Crippen molar-refractivity contribution in [3.8, 4) is 0 Å². The molecule has 2 aliphatic rings. The minimum absolute atomic E-state index is 0.147. The van der Waals surface area contributed by atoms with Crippen molar-refractivity contribution in [1.29, 1.82) is 0 Å². The van der Waals surface area contributed by atoms with Crippen molar-refractivity contribution in [1.82, 2.24) is 15.5 Å². The average Bonchev–Trinajstić information content (AvgIpc) is 2.41. The van der Waals surface area contributed by atoms with Crippen LogP contribution in [0.1, 0.15) is 22.7 Å². The number of amides is 1. The van der Waals surface area contributed by atoms with E-state index in [-0.39, 0.29) is 5.91 Å². The number of aryl methyl sites for hydroxylation is 2. The Balaban J connectivity index is 1.93. The molecule has 1 aromatic rings. The Morgan fingerprint density at radius 3 is 2.89 bits per heavy atom. The lowest BCUT2D eigenvalue weighted by molar-refractivity contribution is -0.127. The van der Waals surface area contributed by atoms with Gasteiger partial charge in [0, 0.05) is 31.7 Å². The molecule has 19 heavy (non-hydrogen) atoms. The molecule has 2 fully saturated rings. The van der Waals surface area contributed by atoms with Crippen molar-refractivity contribution < 1.29 is 4.79 Å². The second-order valence-electron chi connectivity index (χ2n) is 5.66. The summed E-state index contributed by atoms with van der Waals surface area (Å²) < 4.78 is 0. The first kappa shape index (κ1) is 12.6. The average molecular weight is 259 g/mol. The molecule has 3 rings (SSSR count). The first-order valence-corrected chi connectivity index (χ1v) is 6.95. The predicted molar refractivity (Wildman–Crippen MR) is 75.0 cm³/mol. The van der Waals surface area contributed by atoms with Crippen LogP contribution in [0.2, 0.25) is 0 Å². The molecule has 1 amide bonds. The van der Waals surface area contributed by atoms with E-state index in [9.17, 15) is 4.79 Å². The van der Waals surface area contributed by atoms with Crippen molar-refractivity contribution >= 4 is 5.91 Å². The van der Waals surface area contributed by atoms with Crippen molar-refractivity contribution in [2.75, 3.05) is 26.2 Å². The number of hydrogen-bond acceptors (Lipinski definition) is 3. The molecule has 2 heterocycles. The molecule has 2 N–H and O–H groups in total. The van der Waals surface area contributed by atoms with Crippen LogP contribution in [0.4, 0.5) is 0 Å². The van der Waals surface area contributed by atoms with Crippen molar-refractivity contribution in [3.63, 3.8) is 0 Å². The van der Waals surface area contributed by atoms with Crippen LogP contribution >= 0.6 is 0 Å². The summed E-state index contributed by atoms with van der Waals surface area (Å²) in [5.74, 6) is 0.147. The second-order valence-corrected chi connectivity index (χ2v) is 5.66. The van der Waals surface area contributed by atoms with Crippen LogP contribution in [0.15, 0.2) is 18.2 Å². The Bertz CT molecular complexity index is 500. The van der Waals surface area contributed by atoms with Crippen LogP contribution < -0.4 is 10.6 Å². The number of benzene rings is 1. The molecule has 4 heteroatoms. The third kappa shape index (κ3) is 2.38. The molecule has 0 saturated carbocycles. The molecular formula is C15H21N3O. The van der Waals surface area contributed by atoms with E-state index in [0.717, 1.165) is 19.6 Å². The first-order chi connectivity index (χ1) is 9.15. The summed E-state index contributed by atoms with van der Waals surface area (Å²) in [5, 5.41) is 6.46. The number of nitrogens with one attached hydrogen (secondary N) is 2. The van der Waals surface area contributed by atoms with Gasteiger partial charge in [0.15, 0.2) is 0 Å². The summed E-state index contributed by atoms with van der Waals surface area (Å²) in [5.41, 5.74) is 3.94. The molecule has 2 saturated heterocycles. The van der Waals surface area contributed by atoms with Gasteiger partial charge >= 0.3 is 0 Å². The fourth-order valence-corrected chi connectivity index (χ4v) is 3.17. The van der Waals surface area contributed by atoms with E-state index in [0.29, 0.717) is 18.6 Å².